The maximum absolute atomic E-state index is 11.7. The van der Waals surface area contributed by atoms with Crippen molar-refractivity contribution in [3.8, 4) is 0 Å². The molecule has 0 heterocycles. The number of rotatable bonds is 8. The fraction of sp³-hybridized carbons (Fsp3) is 0.160. The normalized spacial score (nSPS) is 11.0. The highest BCUT2D eigenvalue weighted by Gasteiger charge is 2.37. The van der Waals surface area contributed by atoms with Crippen molar-refractivity contribution in [3.05, 3.63) is 120 Å². The van der Waals surface area contributed by atoms with Crippen molar-refractivity contribution in [1.29, 1.82) is 0 Å². The van der Waals surface area contributed by atoms with E-state index in [-0.39, 0.29) is 13.2 Å². The SMILES string of the molecule is C=C(C)C(=O)OCCOC(c1ccccc1)(c1ccccc1)c1ccccc1. The second kappa shape index (κ2) is 9.16. The number of benzene rings is 3. The lowest BCUT2D eigenvalue weighted by molar-refractivity contribution is -0.141. The first-order valence-corrected chi connectivity index (χ1v) is 9.28. The third-order valence-corrected chi connectivity index (χ3v) is 4.52. The van der Waals surface area contributed by atoms with Crippen molar-refractivity contribution < 1.29 is 14.3 Å². The maximum Gasteiger partial charge on any atom is 0.333 e. The van der Waals surface area contributed by atoms with Gasteiger partial charge in [-0.2, -0.15) is 0 Å². The molecular weight excluding hydrogens is 348 g/mol. The second-order valence-corrected chi connectivity index (χ2v) is 6.54. The van der Waals surface area contributed by atoms with Gasteiger partial charge in [0.2, 0.25) is 0 Å². The molecule has 3 heteroatoms. The highest BCUT2D eigenvalue weighted by molar-refractivity contribution is 5.86. The molecule has 3 rings (SSSR count). The molecule has 0 unspecified atom stereocenters. The van der Waals surface area contributed by atoms with Gasteiger partial charge in [0.05, 0.1) is 6.61 Å². The van der Waals surface area contributed by atoms with Crippen LogP contribution in [-0.2, 0) is 19.9 Å². The third-order valence-electron chi connectivity index (χ3n) is 4.52. The molecule has 28 heavy (non-hydrogen) atoms. The van der Waals surface area contributed by atoms with Crippen LogP contribution in [0.1, 0.15) is 23.6 Å². The Balaban J connectivity index is 2.01. The number of hydrogen-bond donors (Lipinski definition) is 0. The van der Waals surface area contributed by atoms with Crippen LogP contribution in [0.25, 0.3) is 0 Å². The lowest BCUT2D eigenvalue weighted by atomic mass is 9.80. The fourth-order valence-electron chi connectivity index (χ4n) is 3.22. The van der Waals surface area contributed by atoms with Gasteiger partial charge in [-0.25, -0.2) is 4.79 Å². The molecule has 0 saturated heterocycles. The molecule has 0 N–H and O–H groups in total. The van der Waals surface area contributed by atoms with Crippen LogP contribution in [0.15, 0.2) is 103 Å². The molecular formula is C25H24O3. The van der Waals surface area contributed by atoms with Crippen LogP contribution in [0.5, 0.6) is 0 Å². The van der Waals surface area contributed by atoms with Crippen molar-refractivity contribution in [2.24, 2.45) is 0 Å². The Morgan fingerprint density at radius 1 is 0.750 bits per heavy atom. The maximum atomic E-state index is 11.7. The smallest absolute Gasteiger partial charge is 0.333 e. The summed E-state index contributed by atoms with van der Waals surface area (Å²) in [6.07, 6.45) is 0. The highest BCUT2D eigenvalue weighted by atomic mass is 16.6. The van der Waals surface area contributed by atoms with Gasteiger partial charge in [-0.05, 0) is 23.6 Å². The number of hydrogen-bond acceptors (Lipinski definition) is 3. The van der Waals surface area contributed by atoms with Gasteiger partial charge >= 0.3 is 5.97 Å². The zero-order valence-corrected chi connectivity index (χ0v) is 16.0. The first-order valence-electron chi connectivity index (χ1n) is 9.28. The largest absolute Gasteiger partial charge is 0.460 e. The van der Waals surface area contributed by atoms with E-state index in [4.69, 9.17) is 9.47 Å². The average molecular weight is 372 g/mol. The summed E-state index contributed by atoms with van der Waals surface area (Å²) < 4.78 is 11.8. The highest BCUT2D eigenvalue weighted by Crippen LogP contribution is 2.40. The molecule has 0 aliphatic carbocycles. The Morgan fingerprint density at radius 3 is 1.50 bits per heavy atom. The second-order valence-electron chi connectivity index (χ2n) is 6.54. The van der Waals surface area contributed by atoms with Gasteiger partial charge in [-0.15, -0.1) is 0 Å². The van der Waals surface area contributed by atoms with Gasteiger partial charge < -0.3 is 9.47 Å². The van der Waals surface area contributed by atoms with Crippen LogP contribution in [0.2, 0.25) is 0 Å². The zero-order chi connectivity index (χ0) is 19.8. The number of carbonyl (C=O) groups excluding carboxylic acids is 1. The van der Waals surface area contributed by atoms with E-state index >= 15 is 0 Å². The van der Waals surface area contributed by atoms with E-state index in [1.54, 1.807) is 6.92 Å². The summed E-state index contributed by atoms with van der Waals surface area (Å²) in [5, 5.41) is 0. The van der Waals surface area contributed by atoms with Crippen LogP contribution >= 0.6 is 0 Å². The van der Waals surface area contributed by atoms with Crippen LogP contribution in [0, 0.1) is 0 Å². The molecule has 0 amide bonds. The number of ether oxygens (including phenoxy) is 2. The van der Waals surface area contributed by atoms with Crippen molar-refractivity contribution >= 4 is 5.97 Å². The molecule has 3 aromatic carbocycles. The van der Waals surface area contributed by atoms with Gasteiger partial charge in [0.25, 0.3) is 0 Å². The minimum absolute atomic E-state index is 0.153. The number of carbonyl (C=O) groups is 1. The summed E-state index contributed by atoms with van der Waals surface area (Å²) in [5.41, 5.74) is 2.61. The summed E-state index contributed by atoms with van der Waals surface area (Å²) in [6.45, 7) is 5.64. The summed E-state index contributed by atoms with van der Waals surface area (Å²) in [7, 11) is 0. The van der Waals surface area contributed by atoms with E-state index < -0.39 is 11.6 Å². The van der Waals surface area contributed by atoms with Crippen LogP contribution in [-0.4, -0.2) is 19.2 Å². The molecule has 0 spiro atoms. The molecule has 0 aromatic heterocycles. The van der Waals surface area contributed by atoms with Gasteiger partial charge in [0.1, 0.15) is 12.2 Å². The van der Waals surface area contributed by atoms with Crippen molar-refractivity contribution in [2.45, 2.75) is 12.5 Å². The summed E-state index contributed by atoms with van der Waals surface area (Å²) in [4.78, 5) is 11.7. The summed E-state index contributed by atoms with van der Waals surface area (Å²) in [6, 6.07) is 30.3. The molecule has 0 fully saturated rings. The zero-order valence-electron chi connectivity index (χ0n) is 16.0. The first kappa shape index (κ1) is 19.6. The monoisotopic (exact) mass is 372 g/mol. The van der Waals surface area contributed by atoms with Crippen LogP contribution in [0.3, 0.4) is 0 Å². The average Bonchev–Trinajstić information content (AvgIpc) is 2.75. The van der Waals surface area contributed by atoms with E-state index in [0.717, 1.165) is 16.7 Å². The first-order chi connectivity index (χ1) is 13.6. The Labute approximate surface area is 166 Å². The van der Waals surface area contributed by atoms with Crippen LogP contribution in [0.4, 0.5) is 0 Å². The van der Waals surface area contributed by atoms with E-state index in [1.807, 2.05) is 54.6 Å². The van der Waals surface area contributed by atoms with Crippen molar-refractivity contribution in [3.63, 3.8) is 0 Å². The van der Waals surface area contributed by atoms with Gasteiger partial charge in [0, 0.05) is 5.57 Å². The topological polar surface area (TPSA) is 35.5 Å². The van der Waals surface area contributed by atoms with Gasteiger partial charge in [0.15, 0.2) is 0 Å². The minimum Gasteiger partial charge on any atom is -0.460 e. The molecule has 0 aliphatic rings. The Hall–Kier alpha value is -3.17. The molecule has 0 saturated carbocycles. The summed E-state index contributed by atoms with van der Waals surface area (Å²) >= 11 is 0. The third kappa shape index (κ3) is 4.21. The molecule has 3 aromatic rings. The minimum atomic E-state index is -0.806. The molecule has 142 valence electrons. The number of esters is 1. The molecule has 0 aliphatic heterocycles. The predicted octanol–water partition coefficient (Wildman–Crippen LogP) is 5.11. The van der Waals surface area contributed by atoms with Crippen molar-refractivity contribution in [1.82, 2.24) is 0 Å². The van der Waals surface area contributed by atoms with Gasteiger partial charge in [-0.1, -0.05) is 97.6 Å². The van der Waals surface area contributed by atoms with E-state index in [2.05, 4.69) is 43.0 Å². The molecule has 0 bridgehead atoms. The molecule has 0 atom stereocenters. The Morgan fingerprint density at radius 2 is 1.14 bits per heavy atom. The van der Waals surface area contributed by atoms with E-state index in [9.17, 15) is 4.79 Å². The summed E-state index contributed by atoms with van der Waals surface area (Å²) in [5.74, 6) is -0.409. The Kier molecular flexibility index (Phi) is 6.41. The van der Waals surface area contributed by atoms with Crippen molar-refractivity contribution in [2.75, 3.05) is 13.2 Å². The predicted molar refractivity (Wildman–Crippen MR) is 111 cm³/mol. The molecule has 3 nitrogen and oxygen atoms in total. The quantitative estimate of drug-likeness (QED) is 0.238. The molecule has 0 radical (unpaired) electrons. The van der Waals surface area contributed by atoms with Gasteiger partial charge in [-0.3, -0.25) is 0 Å². The van der Waals surface area contributed by atoms with E-state index in [1.165, 1.54) is 0 Å². The lowest BCUT2D eigenvalue weighted by Crippen LogP contribution is -2.34. The Bertz CT molecular complexity index is 806. The lowest BCUT2D eigenvalue weighted by Gasteiger charge is -2.35. The van der Waals surface area contributed by atoms with Crippen LogP contribution < -0.4 is 0 Å². The fourth-order valence-corrected chi connectivity index (χ4v) is 3.22. The standard InChI is InChI=1S/C25H24O3/c1-20(2)24(26)27-18-19-28-25(21-12-6-3-7-13-21,22-14-8-4-9-15-22)23-16-10-5-11-17-23/h3-17H,1,18-19H2,2H3. The van der Waals surface area contributed by atoms with E-state index in [0.29, 0.717) is 5.57 Å².